The van der Waals surface area contributed by atoms with Crippen LogP contribution in [0.1, 0.15) is 25.7 Å². The Morgan fingerprint density at radius 2 is 2.06 bits per heavy atom. The first-order chi connectivity index (χ1) is 8.61. The van der Waals surface area contributed by atoms with Gasteiger partial charge in [0.15, 0.2) is 0 Å². The van der Waals surface area contributed by atoms with Crippen molar-refractivity contribution in [1.29, 1.82) is 0 Å². The number of amides is 1. The molecule has 2 aliphatic heterocycles. The van der Waals surface area contributed by atoms with Crippen LogP contribution in [0.25, 0.3) is 0 Å². The van der Waals surface area contributed by atoms with Gasteiger partial charge in [-0.25, -0.2) is 0 Å². The van der Waals surface area contributed by atoms with Gasteiger partial charge in [-0.2, -0.15) is 0 Å². The van der Waals surface area contributed by atoms with Crippen molar-refractivity contribution in [1.82, 2.24) is 10.2 Å². The summed E-state index contributed by atoms with van der Waals surface area (Å²) in [5.74, 6) is 0.514. The van der Waals surface area contributed by atoms with Crippen molar-refractivity contribution in [2.75, 3.05) is 27.3 Å². The summed E-state index contributed by atoms with van der Waals surface area (Å²) in [6.07, 6.45) is 5.03. The molecular formula is C13H25N3O2. The molecule has 0 saturated carbocycles. The quantitative estimate of drug-likeness (QED) is 0.723. The summed E-state index contributed by atoms with van der Waals surface area (Å²) in [6.45, 7) is 1.04. The molecule has 0 aliphatic carbocycles. The van der Waals surface area contributed by atoms with Crippen LogP contribution >= 0.6 is 0 Å². The summed E-state index contributed by atoms with van der Waals surface area (Å²) in [6, 6.07) is 0.898. The highest BCUT2D eigenvalue weighted by Gasteiger charge is 2.38. The smallest absolute Gasteiger partial charge is 0.239 e. The third kappa shape index (κ3) is 3.02. The van der Waals surface area contributed by atoms with Gasteiger partial charge in [0.05, 0.1) is 6.61 Å². The lowest BCUT2D eigenvalue weighted by Crippen LogP contribution is -2.47. The van der Waals surface area contributed by atoms with Crippen LogP contribution in [0.2, 0.25) is 0 Å². The maximum Gasteiger partial charge on any atom is 0.239 e. The van der Waals surface area contributed by atoms with Crippen molar-refractivity contribution in [2.45, 2.75) is 43.8 Å². The van der Waals surface area contributed by atoms with Crippen LogP contribution in [0.4, 0.5) is 0 Å². The molecule has 2 aliphatic rings. The molecule has 0 aromatic heterocycles. The predicted octanol–water partition coefficient (Wildman–Crippen LogP) is -0.0509. The second-order valence-electron chi connectivity index (χ2n) is 5.69. The van der Waals surface area contributed by atoms with Crippen molar-refractivity contribution in [3.63, 3.8) is 0 Å². The second-order valence-corrected chi connectivity index (χ2v) is 5.69. The van der Waals surface area contributed by atoms with Crippen LogP contribution in [0, 0.1) is 5.92 Å². The number of ether oxygens (including phenoxy) is 1. The largest absolute Gasteiger partial charge is 0.383 e. The monoisotopic (exact) mass is 255 g/mol. The summed E-state index contributed by atoms with van der Waals surface area (Å²) in [4.78, 5) is 14.2. The van der Waals surface area contributed by atoms with Crippen molar-refractivity contribution >= 4 is 5.91 Å². The molecule has 5 nitrogen and oxygen atoms in total. The molecule has 5 heteroatoms. The Morgan fingerprint density at radius 3 is 2.61 bits per heavy atom. The van der Waals surface area contributed by atoms with Crippen LogP contribution in [0.5, 0.6) is 0 Å². The number of hydrogen-bond acceptors (Lipinski definition) is 4. The summed E-state index contributed by atoms with van der Waals surface area (Å²) < 4.78 is 4.88. The maximum atomic E-state index is 11.7. The molecule has 2 bridgehead atoms. The summed E-state index contributed by atoms with van der Waals surface area (Å²) in [7, 11) is 3.79. The third-order valence-electron chi connectivity index (χ3n) is 4.44. The van der Waals surface area contributed by atoms with Crippen molar-refractivity contribution in [3.8, 4) is 0 Å². The van der Waals surface area contributed by atoms with Gasteiger partial charge in [-0.1, -0.05) is 0 Å². The minimum atomic E-state index is -0.544. The van der Waals surface area contributed by atoms with Crippen LogP contribution in [0.15, 0.2) is 0 Å². The minimum Gasteiger partial charge on any atom is -0.383 e. The molecule has 104 valence electrons. The molecule has 2 rings (SSSR count). The highest BCUT2D eigenvalue weighted by Crippen LogP contribution is 2.36. The SMILES string of the molecule is COCC(N)C(=O)NCC1CC2CCC(C1)N2C. The lowest BCUT2D eigenvalue weighted by Gasteiger charge is -2.36. The Morgan fingerprint density at radius 1 is 1.44 bits per heavy atom. The molecule has 2 saturated heterocycles. The number of nitrogens with one attached hydrogen (secondary N) is 1. The maximum absolute atomic E-state index is 11.7. The van der Waals surface area contributed by atoms with Crippen molar-refractivity contribution in [3.05, 3.63) is 0 Å². The predicted molar refractivity (Wildman–Crippen MR) is 70.2 cm³/mol. The first-order valence-corrected chi connectivity index (χ1v) is 6.86. The topological polar surface area (TPSA) is 67.6 Å². The molecule has 18 heavy (non-hydrogen) atoms. The van der Waals surface area contributed by atoms with Gasteiger partial charge in [-0.15, -0.1) is 0 Å². The molecule has 2 fully saturated rings. The van der Waals surface area contributed by atoms with E-state index in [-0.39, 0.29) is 12.5 Å². The van der Waals surface area contributed by atoms with E-state index in [4.69, 9.17) is 10.5 Å². The molecular weight excluding hydrogens is 230 g/mol. The first kappa shape index (κ1) is 13.8. The number of methoxy groups -OCH3 is 1. The van der Waals surface area contributed by atoms with Gasteiger partial charge in [0.2, 0.25) is 5.91 Å². The summed E-state index contributed by atoms with van der Waals surface area (Å²) in [5.41, 5.74) is 5.69. The highest BCUT2D eigenvalue weighted by atomic mass is 16.5. The zero-order chi connectivity index (χ0) is 13.1. The van der Waals surface area contributed by atoms with Gasteiger partial charge in [0.25, 0.3) is 0 Å². The number of hydrogen-bond donors (Lipinski definition) is 2. The van der Waals surface area contributed by atoms with Crippen LogP contribution in [-0.2, 0) is 9.53 Å². The number of piperidine rings is 1. The Labute approximate surface area is 109 Å². The molecule has 3 atom stereocenters. The van der Waals surface area contributed by atoms with E-state index >= 15 is 0 Å². The normalized spacial score (nSPS) is 33.4. The van der Waals surface area contributed by atoms with Crippen molar-refractivity contribution in [2.24, 2.45) is 11.7 Å². The van der Waals surface area contributed by atoms with Crippen LogP contribution in [-0.4, -0.2) is 56.2 Å². The molecule has 3 unspecified atom stereocenters. The number of fused-ring (bicyclic) bond motifs is 2. The van der Waals surface area contributed by atoms with E-state index in [0.29, 0.717) is 5.92 Å². The molecule has 0 radical (unpaired) electrons. The highest BCUT2D eigenvalue weighted by molar-refractivity contribution is 5.81. The fourth-order valence-electron chi connectivity index (χ4n) is 3.32. The minimum absolute atomic E-state index is 0.0943. The molecule has 2 heterocycles. The number of carbonyl (C=O) groups excluding carboxylic acids is 1. The lowest BCUT2D eigenvalue weighted by atomic mass is 9.91. The van der Waals surface area contributed by atoms with Gasteiger partial charge >= 0.3 is 0 Å². The Hall–Kier alpha value is -0.650. The fraction of sp³-hybridized carbons (Fsp3) is 0.923. The average molecular weight is 255 g/mol. The number of carbonyl (C=O) groups is 1. The van der Waals surface area contributed by atoms with E-state index in [0.717, 1.165) is 18.6 Å². The van der Waals surface area contributed by atoms with Crippen LogP contribution < -0.4 is 11.1 Å². The lowest BCUT2D eigenvalue weighted by molar-refractivity contribution is -0.123. The molecule has 3 N–H and O–H groups in total. The summed E-state index contributed by atoms with van der Waals surface area (Å²) in [5, 5.41) is 2.96. The van der Waals surface area contributed by atoms with E-state index in [1.54, 1.807) is 7.11 Å². The van der Waals surface area contributed by atoms with Gasteiger partial charge < -0.3 is 20.7 Å². The number of nitrogens with zero attached hydrogens (tertiary/aromatic N) is 1. The van der Waals surface area contributed by atoms with Crippen LogP contribution in [0.3, 0.4) is 0 Å². The fourth-order valence-corrected chi connectivity index (χ4v) is 3.32. The Kier molecular flexibility index (Phi) is 4.59. The van der Waals surface area contributed by atoms with E-state index in [2.05, 4.69) is 17.3 Å². The summed E-state index contributed by atoms with van der Waals surface area (Å²) >= 11 is 0. The molecule has 0 spiro atoms. The van der Waals surface area contributed by atoms with E-state index in [1.807, 2.05) is 0 Å². The van der Waals surface area contributed by atoms with E-state index in [9.17, 15) is 4.79 Å². The Bertz CT molecular complexity index is 284. The zero-order valence-corrected chi connectivity index (χ0v) is 11.4. The average Bonchev–Trinajstić information content (AvgIpc) is 2.59. The standard InChI is InChI=1S/C13H25N3O2/c1-16-10-3-4-11(16)6-9(5-10)7-15-13(17)12(14)8-18-2/h9-12H,3-8,14H2,1-2H3,(H,15,17). The van der Waals surface area contributed by atoms with Gasteiger partial charge in [-0.3, -0.25) is 4.79 Å². The van der Waals surface area contributed by atoms with Gasteiger partial charge in [0, 0.05) is 25.7 Å². The van der Waals surface area contributed by atoms with Gasteiger partial charge in [0.1, 0.15) is 6.04 Å². The molecule has 0 aromatic carbocycles. The van der Waals surface area contributed by atoms with E-state index < -0.39 is 6.04 Å². The second kappa shape index (κ2) is 5.99. The molecule has 0 aromatic rings. The molecule has 1 amide bonds. The number of rotatable bonds is 5. The zero-order valence-electron chi connectivity index (χ0n) is 11.4. The first-order valence-electron chi connectivity index (χ1n) is 6.86. The number of nitrogens with two attached hydrogens (primary N) is 1. The third-order valence-corrected chi connectivity index (χ3v) is 4.44. The van der Waals surface area contributed by atoms with Gasteiger partial charge in [-0.05, 0) is 38.6 Å². The van der Waals surface area contributed by atoms with E-state index in [1.165, 1.54) is 25.7 Å². The Balaban J connectivity index is 1.73. The van der Waals surface area contributed by atoms with Crippen molar-refractivity contribution < 1.29 is 9.53 Å².